The van der Waals surface area contributed by atoms with Crippen molar-refractivity contribution in [1.29, 1.82) is 0 Å². The number of aromatic nitrogens is 2. The number of aliphatic hydroxyl groups is 1. The molecule has 3 aromatic rings. The van der Waals surface area contributed by atoms with E-state index in [9.17, 15) is 5.11 Å². The van der Waals surface area contributed by atoms with Crippen molar-refractivity contribution in [2.75, 3.05) is 0 Å². The summed E-state index contributed by atoms with van der Waals surface area (Å²) in [6.45, 7) is 4.33. The Kier molecular flexibility index (Phi) is 5.31. The first kappa shape index (κ1) is 21.2. The molecule has 1 aromatic heterocycles. The summed E-state index contributed by atoms with van der Waals surface area (Å²) >= 11 is 8.74. The first-order valence-electron chi connectivity index (χ1n) is 10.8. The Morgan fingerprint density at radius 3 is 2.71 bits per heavy atom. The lowest BCUT2D eigenvalue weighted by molar-refractivity contribution is -0.0461. The quantitative estimate of drug-likeness (QED) is 0.379. The highest BCUT2D eigenvalue weighted by Gasteiger charge is 2.54. The summed E-state index contributed by atoms with van der Waals surface area (Å²) < 4.78 is 3.16. The van der Waals surface area contributed by atoms with Gasteiger partial charge in [0.1, 0.15) is 0 Å². The van der Waals surface area contributed by atoms with Gasteiger partial charge in [-0.15, -0.1) is 0 Å². The summed E-state index contributed by atoms with van der Waals surface area (Å²) in [6.07, 6.45) is 8.28. The monoisotopic (exact) mass is 544 g/mol. The van der Waals surface area contributed by atoms with Gasteiger partial charge in [-0.25, -0.2) is 4.68 Å². The fourth-order valence-corrected chi connectivity index (χ4v) is 6.24. The van der Waals surface area contributed by atoms with E-state index in [0.717, 1.165) is 51.2 Å². The van der Waals surface area contributed by atoms with Gasteiger partial charge in [0.15, 0.2) is 0 Å². The third-order valence-electron chi connectivity index (χ3n) is 7.39. The van der Waals surface area contributed by atoms with Gasteiger partial charge >= 0.3 is 0 Å². The molecule has 0 unspecified atom stereocenters. The van der Waals surface area contributed by atoms with E-state index in [0.29, 0.717) is 6.42 Å². The van der Waals surface area contributed by atoms with Crippen molar-refractivity contribution in [3.05, 3.63) is 85.2 Å². The Morgan fingerprint density at radius 1 is 1.19 bits per heavy atom. The van der Waals surface area contributed by atoms with Crippen molar-refractivity contribution < 1.29 is 5.11 Å². The van der Waals surface area contributed by atoms with Gasteiger partial charge < -0.3 is 5.11 Å². The van der Waals surface area contributed by atoms with Crippen molar-refractivity contribution in [1.82, 2.24) is 9.78 Å². The maximum atomic E-state index is 11.8. The molecule has 0 radical (unpaired) electrons. The minimum atomic E-state index is -0.741. The Bertz CT molecular complexity index is 1180. The maximum Gasteiger partial charge on any atom is 0.0747 e. The van der Waals surface area contributed by atoms with Gasteiger partial charge in [0, 0.05) is 14.0 Å². The van der Waals surface area contributed by atoms with Crippen molar-refractivity contribution in [2.24, 2.45) is 5.41 Å². The molecule has 2 aliphatic rings. The highest BCUT2D eigenvalue weighted by atomic mass is 127. The van der Waals surface area contributed by atoms with Crippen LogP contribution in [0.4, 0.5) is 0 Å². The van der Waals surface area contributed by atoms with E-state index in [1.165, 1.54) is 16.7 Å². The molecule has 1 N–H and O–H groups in total. The number of fused-ring (bicyclic) bond motifs is 2. The smallest absolute Gasteiger partial charge is 0.0747 e. The molecular weight excluding hydrogens is 519 g/mol. The predicted octanol–water partition coefficient (Wildman–Crippen LogP) is 6.54. The van der Waals surface area contributed by atoms with Crippen molar-refractivity contribution in [3.63, 3.8) is 0 Å². The molecular formula is C26H26ClIN2O. The SMILES string of the molecule is Cc1ccc(-n2ncc3c2C=C2CC[C@@](O)(CCc4ccc(I)cc4Cl)[C@@]2(C)C3)cc1. The van der Waals surface area contributed by atoms with Gasteiger partial charge in [-0.05, 0) is 103 Å². The molecule has 0 amide bonds. The average molecular weight is 545 g/mol. The van der Waals surface area contributed by atoms with E-state index in [2.05, 4.69) is 84.0 Å². The fraction of sp³-hybridized carbons (Fsp3) is 0.346. The van der Waals surface area contributed by atoms with E-state index in [4.69, 9.17) is 11.6 Å². The van der Waals surface area contributed by atoms with E-state index < -0.39 is 5.60 Å². The number of nitrogens with zero attached hydrogens (tertiary/aromatic N) is 2. The lowest BCUT2D eigenvalue weighted by atomic mass is 9.65. The van der Waals surface area contributed by atoms with Crippen LogP contribution in [0.15, 0.2) is 54.2 Å². The van der Waals surface area contributed by atoms with E-state index in [1.54, 1.807) is 0 Å². The molecule has 1 fully saturated rings. The van der Waals surface area contributed by atoms with Crippen LogP contribution in [0.3, 0.4) is 0 Å². The van der Waals surface area contributed by atoms with Gasteiger partial charge in [-0.1, -0.05) is 47.9 Å². The molecule has 0 aliphatic heterocycles. The van der Waals surface area contributed by atoms with Gasteiger partial charge in [0.05, 0.1) is 23.2 Å². The highest BCUT2D eigenvalue weighted by molar-refractivity contribution is 14.1. The molecule has 160 valence electrons. The van der Waals surface area contributed by atoms with Gasteiger partial charge in [-0.3, -0.25) is 0 Å². The Morgan fingerprint density at radius 2 is 1.97 bits per heavy atom. The third kappa shape index (κ3) is 3.57. The van der Waals surface area contributed by atoms with Gasteiger partial charge in [0.25, 0.3) is 0 Å². The number of hydrogen-bond acceptors (Lipinski definition) is 2. The van der Waals surface area contributed by atoms with Crippen LogP contribution in [-0.2, 0) is 12.8 Å². The minimum Gasteiger partial charge on any atom is -0.389 e. The van der Waals surface area contributed by atoms with Crippen LogP contribution in [0, 0.1) is 15.9 Å². The lowest BCUT2D eigenvalue weighted by Crippen LogP contribution is -2.45. The average Bonchev–Trinajstić information content (AvgIpc) is 3.24. The minimum absolute atomic E-state index is 0.267. The number of benzene rings is 2. The number of halogens is 2. The Balaban J connectivity index is 1.43. The molecule has 0 spiro atoms. The van der Waals surface area contributed by atoms with Crippen molar-refractivity contribution in [3.8, 4) is 5.69 Å². The van der Waals surface area contributed by atoms with Crippen molar-refractivity contribution in [2.45, 2.75) is 51.6 Å². The molecule has 0 bridgehead atoms. The normalized spacial score (nSPS) is 24.6. The largest absolute Gasteiger partial charge is 0.389 e. The van der Waals surface area contributed by atoms with Gasteiger partial charge in [0.2, 0.25) is 0 Å². The topological polar surface area (TPSA) is 38.0 Å². The predicted molar refractivity (Wildman–Crippen MR) is 135 cm³/mol. The van der Waals surface area contributed by atoms with Crippen LogP contribution >= 0.6 is 34.2 Å². The molecule has 0 saturated heterocycles. The van der Waals surface area contributed by atoms with Crippen LogP contribution in [0.25, 0.3) is 11.8 Å². The summed E-state index contributed by atoms with van der Waals surface area (Å²) in [5.74, 6) is 0. The molecule has 1 saturated carbocycles. The molecule has 3 nitrogen and oxygen atoms in total. The maximum absolute atomic E-state index is 11.8. The van der Waals surface area contributed by atoms with Crippen LogP contribution in [0.1, 0.15) is 48.6 Å². The number of rotatable bonds is 4. The fourth-order valence-electron chi connectivity index (χ4n) is 5.29. The second-order valence-corrected chi connectivity index (χ2v) is 10.9. The van der Waals surface area contributed by atoms with E-state index in [-0.39, 0.29) is 5.41 Å². The molecule has 31 heavy (non-hydrogen) atoms. The summed E-state index contributed by atoms with van der Waals surface area (Å²) in [5, 5.41) is 17.3. The Hall–Kier alpha value is -1.63. The summed E-state index contributed by atoms with van der Waals surface area (Å²) in [6, 6.07) is 14.6. The number of aryl methyl sites for hydroxylation is 2. The molecule has 2 atom stereocenters. The summed E-state index contributed by atoms with van der Waals surface area (Å²) in [4.78, 5) is 0. The standard InChI is InChI=1S/C26H26ClIN2O/c1-17-3-7-22(8-4-17)30-24-13-20-10-12-26(31,25(20,2)15-19(24)16-29-30)11-9-18-5-6-21(28)14-23(18)27/h3-8,13-14,16,31H,9-12,15H2,1-2H3/t25-,26-/m0/s1. The van der Waals surface area contributed by atoms with E-state index >= 15 is 0 Å². The second-order valence-electron chi connectivity index (χ2n) is 9.25. The number of hydrogen-bond donors (Lipinski definition) is 1. The summed E-state index contributed by atoms with van der Waals surface area (Å²) in [7, 11) is 0. The van der Waals surface area contributed by atoms with Crippen LogP contribution in [0.5, 0.6) is 0 Å². The zero-order valence-electron chi connectivity index (χ0n) is 17.8. The molecule has 5 heteroatoms. The third-order valence-corrected chi connectivity index (χ3v) is 8.41. The second kappa shape index (κ2) is 7.75. The summed E-state index contributed by atoms with van der Waals surface area (Å²) in [5.41, 5.74) is 6.12. The van der Waals surface area contributed by atoms with Crippen molar-refractivity contribution >= 4 is 40.3 Å². The zero-order valence-corrected chi connectivity index (χ0v) is 20.7. The molecule has 2 aromatic carbocycles. The molecule has 2 aliphatic carbocycles. The first-order chi connectivity index (χ1) is 14.8. The van der Waals surface area contributed by atoms with Gasteiger partial charge in [-0.2, -0.15) is 5.10 Å². The van der Waals surface area contributed by atoms with Crippen LogP contribution in [-0.4, -0.2) is 20.5 Å². The Labute approximate surface area is 202 Å². The van der Waals surface area contributed by atoms with Crippen LogP contribution < -0.4 is 0 Å². The van der Waals surface area contributed by atoms with E-state index in [1.807, 2.05) is 16.9 Å². The highest BCUT2D eigenvalue weighted by Crippen LogP contribution is 2.56. The van der Waals surface area contributed by atoms with Crippen LogP contribution in [0.2, 0.25) is 5.02 Å². The molecule has 1 heterocycles. The molecule has 5 rings (SSSR count). The first-order valence-corrected chi connectivity index (χ1v) is 12.3. The zero-order chi connectivity index (χ0) is 21.8. The lowest BCUT2D eigenvalue weighted by Gasteiger charge is -2.42.